The number of rotatable bonds is 2. The number of nitrogens with zero attached hydrogens (tertiary/aromatic N) is 1. The zero-order chi connectivity index (χ0) is 12.0. The minimum atomic E-state index is -0.598. The minimum Gasteiger partial charge on any atom is -0.447 e. The monoisotopic (exact) mass is 233 g/mol. The lowest BCUT2D eigenvalue weighted by Crippen LogP contribution is -2.48. The second-order valence-electron chi connectivity index (χ2n) is 6.16. The predicted molar refractivity (Wildman–Crippen MR) is 61.7 cm³/mol. The molecule has 1 unspecified atom stereocenters. The van der Waals surface area contributed by atoms with Crippen LogP contribution in [-0.2, 0) is 9.53 Å². The lowest BCUT2D eigenvalue weighted by molar-refractivity contribution is -0.164. The van der Waals surface area contributed by atoms with Crippen LogP contribution in [0.3, 0.4) is 0 Å². The van der Waals surface area contributed by atoms with Gasteiger partial charge in [-0.2, -0.15) is 5.26 Å². The molecule has 0 aromatic rings. The van der Waals surface area contributed by atoms with Crippen LogP contribution in [0.5, 0.6) is 0 Å². The van der Waals surface area contributed by atoms with E-state index in [1.165, 1.54) is 32.1 Å². The van der Waals surface area contributed by atoms with Crippen molar-refractivity contribution in [3.05, 3.63) is 0 Å². The number of hydrogen-bond acceptors (Lipinski definition) is 3. The molecule has 0 amide bonds. The van der Waals surface area contributed by atoms with Crippen LogP contribution in [-0.4, -0.2) is 12.1 Å². The number of ether oxygens (including phenoxy) is 1. The molecule has 17 heavy (non-hydrogen) atoms. The number of carbonyl (C=O) groups excluding carboxylic acids is 1. The normalized spacial score (nSPS) is 44.1. The van der Waals surface area contributed by atoms with Gasteiger partial charge in [-0.1, -0.05) is 0 Å². The van der Waals surface area contributed by atoms with Crippen molar-refractivity contribution in [2.24, 2.45) is 29.6 Å². The highest BCUT2D eigenvalue weighted by atomic mass is 16.5. The zero-order valence-corrected chi connectivity index (χ0v) is 10.3. The van der Waals surface area contributed by atoms with Crippen LogP contribution in [0.1, 0.15) is 39.0 Å². The summed E-state index contributed by atoms with van der Waals surface area (Å²) in [7, 11) is 0. The van der Waals surface area contributed by atoms with E-state index in [4.69, 9.17) is 10.00 Å². The average Bonchev–Trinajstić information content (AvgIpc) is 2.27. The van der Waals surface area contributed by atoms with Crippen molar-refractivity contribution in [3.63, 3.8) is 0 Å². The van der Waals surface area contributed by atoms with E-state index in [9.17, 15) is 4.79 Å². The Hall–Kier alpha value is -1.04. The van der Waals surface area contributed by atoms with Crippen molar-refractivity contribution in [3.8, 4) is 6.07 Å². The van der Waals surface area contributed by atoms with Gasteiger partial charge in [0, 0.05) is 0 Å². The van der Waals surface area contributed by atoms with Gasteiger partial charge in [-0.3, -0.25) is 4.79 Å². The number of hydrogen-bond donors (Lipinski definition) is 0. The van der Waals surface area contributed by atoms with E-state index in [1.54, 1.807) is 6.92 Å². The van der Waals surface area contributed by atoms with Gasteiger partial charge >= 0.3 is 5.97 Å². The van der Waals surface area contributed by atoms with Gasteiger partial charge in [-0.05, 0) is 62.7 Å². The summed E-state index contributed by atoms with van der Waals surface area (Å²) < 4.78 is 5.23. The lowest BCUT2D eigenvalue weighted by atomic mass is 9.52. The van der Waals surface area contributed by atoms with Crippen LogP contribution in [0.2, 0.25) is 0 Å². The molecule has 0 radical (unpaired) electrons. The first-order valence-corrected chi connectivity index (χ1v) is 6.77. The smallest absolute Gasteiger partial charge is 0.310 e. The van der Waals surface area contributed by atoms with Gasteiger partial charge in [0.1, 0.15) is 6.07 Å². The van der Waals surface area contributed by atoms with E-state index in [0.717, 1.165) is 11.8 Å². The molecule has 0 spiro atoms. The van der Waals surface area contributed by atoms with Gasteiger partial charge in [0.15, 0.2) is 6.10 Å². The Kier molecular flexibility index (Phi) is 2.61. The summed E-state index contributed by atoms with van der Waals surface area (Å²) in [5.41, 5.74) is 0. The Bertz CT molecular complexity index is 343. The minimum absolute atomic E-state index is 0.0959. The molecule has 3 heteroatoms. The highest BCUT2D eigenvalue weighted by Crippen LogP contribution is 2.56. The summed E-state index contributed by atoms with van der Waals surface area (Å²) in [5, 5.41) is 8.71. The molecule has 0 N–H and O–H groups in total. The first kappa shape index (κ1) is 11.1. The van der Waals surface area contributed by atoms with E-state index in [1.807, 2.05) is 6.07 Å². The Morgan fingerprint density at radius 1 is 1.18 bits per heavy atom. The molecule has 4 aliphatic carbocycles. The highest BCUT2D eigenvalue weighted by Gasteiger charge is 2.51. The number of nitriles is 1. The molecular formula is C14H19NO2. The molecule has 4 aliphatic rings. The third-order valence-corrected chi connectivity index (χ3v) is 4.97. The van der Waals surface area contributed by atoms with E-state index in [0.29, 0.717) is 11.8 Å². The van der Waals surface area contributed by atoms with Crippen LogP contribution in [0.4, 0.5) is 0 Å². The summed E-state index contributed by atoms with van der Waals surface area (Å²) in [4.78, 5) is 12.1. The first-order valence-electron chi connectivity index (χ1n) is 6.77. The maximum Gasteiger partial charge on any atom is 0.310 e. The molecule has 0 aromatic carbocycles. The summed E-state index contributed by atoms with van der Waals surface area (Å²) in [6.45, 7) is 1.65. The SMILES string of the molecule is CC(C#N)OC(=O)C1C2CC3CC(C2)CC1C3. The van der Waals surface area contributed by atoms with Crippen molar-refractivity contribution in [1.82, 2.24) is 0 Å². The van der Waals surface area contributed by atoms with Gasteiger partial charge < -0.3 is 4.74 Å². The maximum atomic E-state index is 12.1. The van der Waals surface area contributed by atoms with E-state index in [-0.39, 0.29) is 11.9 Å². The van der Waals surface area contributed by atoms with Gasteiger partial charge in [0.2, 0.25) is 0 Å². The Morgan fingerprint density at radius 3 is 2.18 bits per heavy atom. The molecule has 1 atom stereocenters. The Balaban J connectivity index is 1.72. The molecule has 92 valence electrons. The second kappa shape index (κ2) is 4.01. The third-order valence-electron chi connectivity index (χ3n) is 4.97. The van der Waals surface area contributed by atoms with Crippen molar-refractivity contribution in [1.29, 1.82) is 5.26 Å². The standard InChI is InChI=1S/C14H19NO2/c1-8(7-15)17-14(16)13-11-3-9-2-10(5-11)6-12(13)4-9/h8-13H,2-6H2,1H3. The van der Waals surface area contributed by atoms with Crippen molar-refractivity contribution >= 4 is 5.97 Å². The van der Waals surface area contributed by atoms with Crippen LogP contribution in [0.15, 0.2) is 0 Å². The van der Waals surface area contributed by atoms with Gasteiger partial charge in [0.05, 0.1) is 5.92 Å². The topological polar surface area (TPSA) is 50.1 Å². The molecule has 4 rings (SSSR count). The molecule has 4 bridgehead atoms. The van der Waals surface area contributed by atoms with E-state index >= 15 is 0 Å². The molecule has 0 aromatic heterocycles. The summed E-state index contributed by atoms with van der Waals surface area (Å²) >= 11 is 0. The lowest BCUT2D eigenvalue weighted by Gasteiger charge is -2.53. The molecule has 0 heterocycles. The molecule has 0 aliphatic heterocycles. The number of esters is 1. The molecular weight excluding hydrogens is 214 g/mol. The highest BCUT2D eigenvalue weighted by molar-refractivity contribution is 5.74. The van der Waals surface area contributed by atoms with Crippen LogP contribution < -0.4 is 0 Å². The quantitative estimate of drug-likeness (QED) is 0.688. The maximum absolute atomic E-state index is 12.1. The molecule has 3 nitrogen and oxygen atoms in total. The predicted octanol–water partition coefficient (Wildman–Crippen LogP) is 2.51. The van der Waals surface area contributed by atoms with Crippen LogP contribution in [0.25, 0.3) is 0 Å². The van der Waals surface area contributed by atoms with Gasteiger partial charge in [-0.15, -0.1) is 0 Å². The fourth-order valence-corrected chi connectivity index (χ4v) is 4.59. The fourth-order valence-electron chi connectivity index (χ4n) is 4.59. The zero-order valence-electron chi connectivity index (χ0n) is 10.3. The Morgan fingerprint density at radius 2 is 1.71 bits per heavy atom. The van der Waals surface area contributed by atoms with Crippen molar-refractivity contribution in [2.45, 2.75) is 45.1 Å². The molecule has 0 saturated heterocycles. The fraction of sp³-hybridized carbons (Fsp3) is 0.857. The first-order chi connectivity index (χ1) is 8.17. The summed E-state index contributed by atoms with van der Waals surface area (Å²) in [5.74, 6) is 2.82. The summed E-state index contributed by atoms with van der Waals surface area (Å²) in [6.07, 6.45) is 5.66. The average molecular weight is 233 g/mol. The van der Waals surface area contributed by atoms with E-state index in [2.05, 4.69) is 0 Å². The van der Waals surface area contributed by atoms with Crippen molar-refractivity contribution in [2.75, 3.05) is 0 Å². The molecule has 4 saturated carbocycles. The number of carbonyl (C=O) groups is 1. The largest absolute Gasteiger partial charge is 0.447 e. The van der Waals surface area contributed by atoms with Gasteiger partial charge in [-0.25, -0.2) is 0 Å². The van der Waals surface area contributed by atoms with Crippen molar-refractivity contribution < 1.29 is 9.53 Å². The Labute approximate surface area is 102 Å². The third kappa shape index (κ3) is 1.84. The van der Waals surface area contributed by atoms with Gasteiger partial charge in [0.25, 0.3) is 0 Å². The van der Waals surface area contributed by atoms with Crippen LogP contribution in [0, 0.1) is 40.9 Å². The van der Waals surface area contributed by atoms with E-state index < -0.39 is 6.10 Å². The second-order valence-corrected chi connectivity index (χ2v) is 6.16. The summed E-state index contributed by atoms with van der Waals surface area (Å²) in [6, 6.07) is 1.98. The molecule has 4 fully saturated rings. The van der Waals surface area contributed by atoms with Crippen LogP contribution >= 0.6 is 0 Å².